The molecule has 0 aromatic carbocycles. The van der Waals surface area contributed by atoms with Crippen LogP contribution in [0.1, 0.15) is 53.9 Å². The van der Waals surface area contributed by atoms with E-state index in [9.17, 15) is 8.78 Å². The molecule has 1 fully saturated rings. The smallest absolute Gasteiger partial charge is 0.253 e. The highest BCUT2D eigenvalue weighted by Gasteiger charge is 2.41. The van der Waals surface area contributed by atoms with Crippen molar-refractivity contribution in [3.8, 4) is 0 Å². The van der Waals surface area contributed by atoms with Crippen molar-refractivity contribution < 1.29 is 8.78 Å². The average molecular weight is 233 g/mol. The van der Waals surface area contributed by atoms with Gasteiger partial charge in [-0.05, 0) is 32.1 Å². The zero-order valence-corrected chi connectivity index (χ0v) is 11.1. The zero-order chi connectivity index (χ0) is 12.5. The second-order valence-corrected chi connectivity index (χ2v) is 6.26. The molecule has 0 bridgehead atoms. The van der Waals surface area contributed by atoms with Crippen LogP contribution in [0.5, 0.6) is 0 Å². The van der Waals surface area contributed by atoms with E-state index >= 15 is 0 Å². The fourth-order valence-corrected chi connectivity index (χ4v) is 2.93. The summed E-state index contributed by atoms with van der Waals surface area (Å²) in [6, 6.07) is -0.0678. The molecule has 0 amide bonds. The Balaban J connectivity index is 2.91. The molecule has 0 aliphatic carbocycles. The highest BCUT2D eigenvalue weighted by atomic mass is 19.3. The Kier molecular flexibility index (Phi) is 4.33. The van der Waals surface area contributed by atoms with E-state index in [1.54, 1.807) is 0 Å². The monoisotopic (exact) mass is 233 g/mol. The van der Waals surface area contributed by atoms with Crippen LogP contribution in [0.3, 0.4) is 0 Å². The lowest BCUT2D eigenvalue weighted by atomic mass is 9.78. The largest absolute Gasteiger partial charge is 0.289 e. The van der Waals surface area contributed by atoms with E-state index in [2.05, 4.69) is 20.8 Å². The average Bonchev–Trinajstić information content (AvgIpc) is 2.14. The molecular weight excluding hydrogens is 208 g/mol. The van der Waals surface area contributed by atoms with Crippen molar-refractivity contribution in [2.75, 3.05) is 0 Å². The molecule has 1 nitrogen and oxygen atoms in total. The topological polar surface area (TPSA) is 3.24 Å². The van der Waals surface area contributed by atoms with Crippen LogP contribution in [0.25, 0.3) is 0 Å². The molecule has 0 N–H and O–H groups in total. The highest BCUT2D eigenvalue weighted by molar-refractivity contribution is 4.93. The van der Waals surface area contributed by atoms with Crippen molar-refractivity contribution >= 4 is 0 Å². The highest BCUT2D eigenvalue weighted by Crippen LogP contribution is 2.37. The van der Waals surface area contributed by atoms with Gasteiger partial charge >= 0.3 is 0 Å². The predicted molar refractivity (Wildman–Crippen MR) is 63.9 cm³/mol. The predicted octanol–water partition coefficient (Wildman–Crippen LogP) is 3.93. The normalized spacial score (nSPS) is 29.1. The Morgan fingerprint density at radius 2 is 1.69 bits per heavy atom. The maximum atomic E-state index is 13.1. The Morgan fingerprint density at radius 1 is 1.12 bits per heavy atom. The molecule has 0 aromatic heterocycles. The maximum Gasteiger partial charge on any atom is 0.253 e. The number of halogens is 2. The quantitative estimate of drug-likeness (QED) is 0.698. The van der Waals surface area contributed by atoms with Gasteiger partial charge in [0, 0.05) is 12.1 Å². The summed E-state index contributed by atoms with van der Waals surface area (Å²) in [6.07, 6.45) is 0.403. The van der Waals surface area contributed by atoms with Crippen LogP contribution in [0.2, 0.25) is 0 Å². The summed E-state index contributed by atoms with van der Waals surface area (Å²) in [5.74, 6) is 0. The second-order valence-electron chi connectivity index (χ2n) is 6.26. The van der Waals surface area contributed by atoms with Crippen molar-refractivity contribution in [1.82, 2.24) is 4.90 Å². The number of hydrogen-bond acceptors (Lipinski definition) is 1. The molecule has 0 radical (unpaired) electrons. The molecule has 1 aliphatic rings. The molecule has 0 spiro atoms. The standard InChI is InChI=1S/C13H25F2N/c1-9(2)16-10(12(14)15)7-6-8-11(16)13(3,4)5/h9-12H,6-8H2,1-5H3. The summed E-state index contributed by atoms with van der Waals surface area (Å²) < 4.78 is 26.1. The first-order valence-corrected chi connectivity index (χ1v) is 6.30. The molecule has 1 heterocycles. The van der Waals surface area contributed by atoms with Gasteiger partial charge in [0.05, 0.1) is 6.04 Å². The Morgan fingerprint density at radius 3 is 2.06 bits per heavy atom. The molecule has 2 atom stereocenters. The van der Waals surface area contributed by atoms with Crippen LogP contribution in [-0.4, -0.2) is 29.5 Å². The van der Waals surface area contributed by atoms with Crippen molar-refractivity contribution in [1.29, 1.82) is 0 Å². The third-order valence-corrected chi connectivity index (χ3v) is 3.61. The van der Waals surface area contributed by atoms with Crippen molar-refractivity contribution in [3.05, 3.63) is 0 Å². The van der Waals surface area contributed by atoms with Crippen molar-refractivity contribution in [3.63, 3.8) is 0 Å². The molecule has 16 heavy (non-hydrogen) atoms. The number of piperidine rings is 1. The molecular formula is C13H25F2N. The van der Waals surface area contributed by atoms with Crippen LogP contribution in [0, 0.1) is 5.41 Å². The lowest BCUT2D eigenvalue weighted by Gasteiger charge is -2.49. The molecule has 2 unspecified atom stereocenters. The summed E-state index contributed by atoms with van der Waals surface area (Å²) in [5.41, 5.74) is 0.0812. The summed E-state index contributed by atoms with van der Waals surface area (Å²) in [5, 5.41) is 0. The minimum Gasteiger partial charge on any atom is -0.289 e. The fraction of sp³-hybridized carbons (Fsp3) is 1.00. The Hall–Kier alpha value is -0.180. The molecule has 3 heteroatoms. The van der Waals surface area contributed by atoms with Crippen LogP contribution < -0.4 is 0 Å². The first kappa shape index (κ1) is 13.9. The molecule has 1 rings (SSSR count). The van der Waals surface area contributed by atoms with E-state index in [0.717, 1.165) is 12.8 Å². The van der Waals surface area contributed by atoms with E-state index in [0.29, 0.717) is 6.42 Å². The molecule has 0 saturated carbocycles. The first-order chi connectivity index (χ1) is 7.25. The molecule has 1 saturated heterocycles. The van der Waals surface area contributed by atoms with Crippen molar-refractivity contribution in [2.24, 2.45) is 5.41 Å². The number of nitrogens with zero attached hydrogens (tertiary/aromatic N) is 1. The van der Waals surface area contributed by atoms with Crippen LogP contribution >= 0.6 is 0 Å². The van der Waals surface area contributed by atoms with Gasteiger partial charge in [0.15, 0.2) is 0 Å². The van der Waals surface area contributed by atoms with Crippen LogP contribution in [-0.2, 0) is 0 Å². The fourth-order valence-electron chi connectivity index (χ4n) is 2.93. The van der Waals surface area contributed by atoms with Crippen molar-refractivity contribution in [2.45, 2.75) is 78.4 Å². The number of hydrogen-bond donors (Lipinski definition) is 0. The van der Waals surface area contributed by atoms with Gasteiger partial charge in [0.2, 0.25) is 0 Å². The van der Waals surface area contributed by atoms with Gasteiger partial charge in [-0.3, -0.25) is 4.90 Å². The van der Waals surface area contributed by atoms with Crippen LogP contribution in [0.4, 0.5) is 8.78 Å². The van der Waals surface area contributed by atoms with Gasteiger partial charge in [-0.1, -0.05) is 27.2 Å². The van der Waals surface area contributed by atoms with Crippen LogP contribution in [0.15, 0.2) is 0 Å². The van der Waals surface area contributed by atoms with Gasteiger partial charge in [-0.25, -0.2) is 8.78 Å². The lowest BCUT2D eigenvalue weighted by molar-refractivity contribution is -0.0688. The third-order valence-electron chi connectivity index (χ3n) is 3.61. The van der Waals surface area contributed by atoms with E-state index in [-0.39, 0.29) is 17.5 Å². The maximum absolute atomic E-state index is 13.1. The van der Waals surface area contributed by atoms with E-state index in [4.69, 9.17) is 0 Å². The first-order valence-electron chi connectivity index (χ1n) is 6.30. The SMILES string of the molecule is CC(C)N1C(C(F)F)CCCC1C(C)(C)C. The number of rotatable bonds is 2. The zero-order valence-electron chi connectivity index (χ0n) is 11.1. The Bertz CT molecular complexity index is 220. The minimum atomic E-state index is -2.22. The second kappa shape index (κ2) is 4.99. The van der Waals surface area contributed by atoms with Gasteiger partial charge in [0.1, 0.15) is 0 Å². The summed E-state index contributed by atoms with van der Waals surface area (Å²) in [4.78, 5) is 2.05. The molecule has 96 valence electrons. The van der Waals surface area contributed by atoms with E-state index in [1.807, 2.05) is 18.7 Å². The number of alkyl halides is 2. The van der Waals surface area contributed by atoms with E-state index < -0.39 is 12.5 Å². The van der Waals surface area contributed by atoms with E-state index in [1.165, 1.54) is 0 Å². The Labute approximate surface area is 98.2 Å². The van der Waals surface area contributed by atoms with Gasteiger partial charge < -0.3 is 0 Å². The number of likely N-dealkylation sites (tertiary alicyclic amines) is 1. The molecule has 1 aliphatic heterocycles. The van der Waals surface area contributed by atoms with Gasteiger partial charge in [0.25, 0.3) is 6.43 Å². The minimum absolute atomic E-state index is 0.0812. The van der Waals surface area contributed by atoms with Gasteiger partial charge in [-0.2, -0.15) is 0 Å². The molecule has 0 aromatic rings. The lowest BCUT2D eigenvalue weighted by Crippen LogP contribution is -2.57. The summed E-state index contributed by atoms with van der Waals surface area (Å²) in [7, 11) is 0. The van der Waals surface area contributed by atoms with Gasteiger partial charge in [-0.15, -0.1) is 0 Å². The third kappa shape index (κ3) is 2.93. The summed E-state index contributed by atoms with van der Waals surface area (Å²) >= 11 is 0. The summed E-state index contributed by atoms with van der Waals surface area (Å²) in [6.45, 7) is 10.5.